The molecule has 0 radical (unpaired) electrons. The fourth-order valence-electron chi connectivity index (χ4n) is 9.84. The van der Waals surface area contributed by atoms with E-state index in [0.29, 0.717) is 24.4 Å². The Morgan fingerprint density at radius 2 is 1.94 bits per heavy atom. The number of rotatable bonds is 5. The molecule has 35 heavy (non-hydrogen) atoms. The number of likely N-dealkylation sites (tertiary alicyclic amines) is 2. The van der Waals surface area contributed by atoms with Crippen LogP contribution in [0.4, 0.5) is 13.2 Å². The Labute approximate surface area is 205 Å². The zero-order valence-corrected chi connectivity index (χ0v) is 20.8. The maximum atomic E-state index is 13.6. The monoisotopic (exact) mass is 490 g/mol. The highest BCUT2D eigenvalue weighted by molar-refractivity contribution is 5.51. The van der Waals surface area contributed by atoms with Crippen LogP contribution in [0.3, 0.4) is 0 Å². The highest BCUT2D eigenvalue weighted by atomic mass is 19.4. The van der Waals surface area contributed by atoms with Crippen molar-refractivity contribution in [1.82, 2.24) is 9.80 Å². The minimum atomic E-state index is -4.62. The summed E-state index contributed by atoms with van der Waals surface area (Å²) in [6.45, 7) is 3.61. The first-order chi connectivity index (χ1) is 16.6. The summed E-state index contributed by atoms with van der Waals surface area (Å²) in [6, 6.07) is 7.27. The number of methoxy groups -OCH3 is 1. The largest absolute Gasteiger partial charge is 0.497 e. The van der Waals surface area contributed by atoms with E-state index in [2.05, 4.69) is 23.1 Å². The highest BCUT2D eigenvalue weighted by Gasteiger charge is 2.76. The van der Waals surface area contributed by atoms with Crippen molar-refractivity contribution in [2.75, 3.05) is 33.3 Å². The molecule has 0 aromatic heterocycles. The van der Waals surface area contributed by atoms with Gasteiger partial charge in [0.25, 0.3) is 0 Å². The molecule has 4 aliphatic carbocycles. The van der Waals surface area contributed by atoms with Crippen molar-refractivity contribution in [3.63, 3.8) is 0 Å². The summed E-state index contributed by atoms with van der Waals surface area (Å²) in [5.41, 5.74) is 0.396. The van der Waals surface area contributed by atoms with Crippen molar-refractivity contribution in [2.45, 2.75) is 81.1 Å². The maximum Gasteiger partial charge on any atom is 0.418 e. The summed E-state index contributed by atoms with van der Waals surface area (Å²) in [5, 5.41) is 10.4. The fourth-order valence-corrected chi connectivity index (χ4v) is 9.84. The quantitative estimate of drug-likeness (QED) is 0.664. The van der Waals surface area contributed by atoms with Gasteiger partial charge in [0, 0.05) is 37.1 Å². The third-order valence-electron chi connectivity index (χ3n) is 11.2. The van der Waals surface area contributed by atoms with E-state index in [1.54, 1.807) is 7.11 Å². The van der Waals surface area contributed by atoms with Crippen LogP contribution in [0.5, 0.6) is 5.75 Å². The van der Waals surface area contributed by atoms with Crippen molar-refractivity contribution in [2.24, 2.45) is 23.2 Å². The maximum absolute atomic E-state index is 13.6. The van der Waals surface area contributed by atoms with Crippen LogP contribution in [-0.4, -0.2) is 72.1 Å². The number of hydrogen-bond acceptors (Lipinski definition) is 4. The average Bonchev–Trinajstić information content (AvgIpc) is 3.51. The number of benzene rings is 1. The number of fused-ring (bicyclic) bond motifs is 1. The van der Waals surface area contributed by atoms with E-state index >= 15 is 0 Å². The zero-order valence-electron chi connectivity index (χ0n) is 20.8. The van der Waals surface area contributed by atoms with Gasteiger partial charge in [-0.1, -0.05) is 6.07 Å². The second kappa shape index (κ2) is 7.16. The molecule has 7 atom stereocenters. The lowest BCUT2D eigenvalue weighted by atomic mass is 9.43. The van der Waals surface area contributed by atoms with Crippen LogP contribution in [0.2, 0.25) is 0 Å². The third-order valence-corrected chi connectivity index (χ3v) is 11.2. The van der Waals surface area contributed by atoms with Crippen molar-refractivity contribution >= 4 is 0 Å². The standard InChI is InChI=1S/C28H37F3N2O2/c1-25(34,28(29,30)31)16-33-15-19-13-26-8-7-22(33)24(19)27(26)9-10-32(14-17-3-4-17)23(26)11-18-5-6-20(35-2)12-21(18)27/h5-6,12,17,19,22-24,34H,3-4,7-11,13-16H2,1-2H3/t19-,22?,23?,24?,25?,26?,27?/m1/s1. The first kappa shape index (κ1) is 22.9. The molecule has 6 unspecified atom stereocenters. The molecule has 7 rings (SSSR count). The molecule has 5 fully saturated rings. The van der Waals surface area contributed by atoms with Crippen LogP contribution >= 0.6 is 0 Å². The van der Waals surface area contributed by atoms with Crippen LogP contribution in [0, 0.1) is 23.2 Å². The fraction of sp³-hybridized carbons (Fsp3) is 0.786. The van der Waals surface area contributed by atoms with Gasteiger partial charge in [-0.15, -0.1) is 0 Å². The van der Waals surface area contributed by atoms with Gasteiger partial charge in [-0.05, 0) is 105 Å². The normalized spacial score (nSPS) is 41.9. The van der Waals surface area contributed by atoms with E-state index < -0.39 is 11.8 Å². The van der Waals surface area contributed by atoms with Crippen molar-refractivity contribution < 1.29 is 23.0 Å². The van der Waals surface area contributed by atoms with E-state index in [4.69, 9.17) is 4.74 Å². The number of ether oxygens (including phenoxy) is 1. The molecule has 4 nitrogen and oxygen atoms in total. The number of piperidine rings is 1. The number of aliphatic hydroxyl groups is 1. The van der Waals surface area contributed by atoms with E-state index in [-0.39, 0.29) is 23.4 Å². The predicted octanol–water partition coefficient (Wildman–Crippen LogP) is 4.39. The minimum Gasteiger partial charge on any atom is -0.497 e. The Balaban J connectivity index is 1.32. The summed E-state index contributed by atoms with van der Waals surface area (Å²) >= 11 is 0. The Bertz CT molecular complexity index is 1040. The Hall–Kier alpha value is -1.31. The molecule has 1 N–H and O–H groups in total. The third kappa shape index (κ3) is 2.92. The molecular weight excluding hydrogens is 453 g/mol. The first-order valence-electron chi connectivity index (χ1n) is 13.5. The van der Waals surface area contributed by atoms with Crippen molar-refractivity contribution in [3.05, 3.63) is 29.3 Å². The number of β-amino-alcohol motifs (C(OH)–C–C–N with tert-alkyl or cyclic N) is 1. The van der Waals surface area contributed by atoms with Gasteiger partial charge in [0.1, 0.15) is 5.75 Å². The molecule has 1 aromatic carbocycles. The lowest BCUT2D eigenvalue weighted by Crippen LogP contribution is -2.70. The molecule has 192 valence electrons. The minimum absolute atomic E-state index is 0.00621. The van der Waals surface area contributed by atoms with E-state index in [9.17, 15) is 18.3 Å². The molecule has 0 spiro atoms. The summed E-state index contributed by atoms with van der Waals surface area (Å²) in [6.07, 6.45) is 3.42. The van der Waals surface area contributed by atoms with Gasteiger partial charge in [-0.25, -0.2) is 0 Å². The van der Waals surface area contributed by atoms with Gasteiger partial charge in [-0.3, -0.25) is 9.80 Å². The number of halogens is 3. The summed E-state index contributed by atoms with van der Waals surface area (Å²) < 4.78 is 46.6. The second-order valence-electron chi connectivity index (χ2n) is 12.9. The molecule has 3 saturated carbocycles. The highest BCUT2D eigenvalue weighted by Crippen LogP contribution is 2.75. The summed E-state index contributed by atoms with van der Waals surface area (Å²) in [5.74, 6) is 2.50. The van der Waals surface area contributed by atoms with Gasteiger partial charge in [-0.2, -0.15) is 13.2 Å². The Morgan fingerprint density at radius 3 is 2.66 bits per heavy atom. The SMILES string of the molecule is COc1ccc2c(c1)C13CCN(CC4CC4)C(C2)C12CCC1C3[C@@H](CN1CC(C)(O)C(F)(F)F)C2. The number of nitrogens with zero attached hydrogens (tertiary/aromatic N) is 2. The number of hydrogen-bond donors (Lipinski definition) is 1. The van der Waals surface area contributed by atoms with E-state index in [1.807, 2.05) is 4.90 Å². The van der Waals surface area contributed by atoms with Crippen LogP contribution in [0.15, 0.2) is 18.2 Å². The summed E-state index contributed by atoms with van der Waals surface area (Å²) in [7, 11) is 1.72. The Kier molecular flexibility index (Phi) is 4.68. The van der Waals surface area contributed by atoms with Gasteiger partial charge in [0.2, 0.25) is 0 Å². The molecule has 4 bridgehead atoms. The van der Waals surface area contributed by atoms with Crippen LogP contribution in [0.25, 0.3) is 0 Å². The van der Waals surface area contributed by atoms with E-state index in [0.717, 1.165) is 57.2 Å². The topological polar surface area (TPSA) is 35.9 Å². The lowest BCUT2D eigenvalue weighted by Gasteiger charge is -2.66. The second-order valence-corrected chi connectivity index (χ2v) is 12.9. The van der Waals surface area contributed by atoms with Crippen LogP contribution in [-0.2, 0) is 11.8 Å². The van der Waals surface area contributed by atoms with Gasteiger partial charge >= 0.3 is 6.18 Å². The Morgan fingerprint density at radius 1 is 1.14 bits per heavy atom. The molecule has 1 aromatic rings. The smallest absolute Gasteiger partial charge is 0.418 e. The average molecular weight is 491 g/mol. The van der Waals surface area contributed by atoms with Crippen LogP contribution in [0.1, 0.15) is 56.6 Å². The first-order valence-corrected chi connectivity index (χ1v) is 13.5. The zero-order chi connectivity index (χ0) is 24.4. The van der Waals surface area contributed by atoms with E-state index in [1.165, 1.54) is 30.5 Å². The molecule has 6 aliphatic rings. The van der Waals surface area contributed by atoms with Gasteiger partial charge in [0.05, 0.1) is 7.11 Å². The molecule has 7 heteroatoms. The summed E-state index contributed by atoms with van der Waals surface area (Å²) in [4.78, 5) is 4.83. The molecule has 2 saturated heterocycles. The van der Waals surface area contributed by atoms with Gasteiger partial charge < -0.3 is 9.84 Å². The predicted molar refractivity (Wildman–Crippen MR) is 126 cm³/mol. The van der Waals surface area contributed by atoms with Gasteiger partial charge in [0.15, 0.2) is 5.60 Å². The van der Waals surface area contributed by atoms with Crippen LogP contribution < -0.4 is 4.74 Å². The lowest BCUT2D eigenvalue weighted by molar-refractivity contribution is -0.259. The van der Waals surface area contributed by atoms with Crippen molar-refractivity contribution in [3.8, 4) is 5.75 Å². The molecule has 0 amide bonds. The number of alkyl halides is 3. The molecule has 2 aliphatic heterocycles. The van der Waals surface area contributed by atoms with Crippen molar-refractivity contribution in [1.29, 1.82) is 0 Å². The molecular formula is C28H37F3N2O2. The molecule has 2 heterocycles.